The van der Waals surface area contributed by atoms with Gasteiger partial charge in [-0.2, -0.15) is 0 Å². The zero-order valence-electron chi connectivity index (χ0n) is 9.52. The van der Waals surface area contributed by atoms with Gasteiger partial charge in [0, 0.05) is 12.8 Å². The number of nitrogens with one attached hydrogen (secondary N) is 2. The molecular formula is C12H20N2. The molecule has 14 heavy (non-hydrogen) atoms. The van der Waals surface area contributed by atoms with Crippen LogP contribution in [0.1, 0.15) is 30.5 Å². The van der Waals surface area contributed by atoms with Gasteiger partial charge in [-0.1, -0.05) is 37.6 Å². The van der Waals surface area contributed by atoms with Gasteiger partial charge in [-0.05, 0) is 25.1 Å². The Balaban J connectivity index is 0.000000791. The molecular weight excluding hydrogens is 172 g/mol. The van der Waals surface area contributed by atoms with Crippen molar-refractivity contribution in [1.29, 1.82) is 5.41 Å². The molecule has 0 atom stereocenters. The van der Waals surface area contributed by atoms with Crippen molar-refractivity contribution in [3.63, 3.8) is 0 Å². The van der Waals surface area contributed by atoms with E-state index in [1.54, 1.807) is 0 Å². The first-order chi connectivity index (χ1) is 6.77. The second kappa shape index (κ2) is 7.27. The molecule has 2 N–H and O–H groups in total. The summed E-state index contributed by atoms with van der Waals surface area (Å²) in [5.41, 5.74) is 3.42. The zero-order valence-corrected chi connectivity index (χ0v) is 9.52. The fourth-order valence-corrected chi connectivity index (χ4v) is 1.22. The molecule has 0 aliphatic carbocycles. The summed E-state index contributed by atoms with van der Waals surface area (Å²) >= 11 is 0. The molecule has 0 spiro atoms. The van der Waals surface area contributed by atoms with E-state index in [1.165, 1.54) is 17.3 Å². The molecule has 1 aromatic rings. The van der Waals surface area contributed by atoms with Gasteiger partial charge in [-0.25, -0.2) is 0 Å². The highest BCUT2D eigenvalue weighted by atomic mass is 14.8. The molecule has 0 unspecified atom stereocenters. The normalized spacial score (nSPS) is 8.86. The van der Waals surface area contributed by atoms with Gasteiger partial charge in [-0.15, -0.1) is 0 Å². The van der Waals surface area contributed by atoms with Gasteiger partial charge in [0.05, 0.1) is 0 Å². The number of aryl methyl sites for hydroxylation is 1. The van der Waals surface area contributed by atoms with E-state index in [0.29, 0.717) is 0 Å². The Morgan fingerprint density at radius 1 is 1.36 bits per heavy atom. The quantitative estimate of drug-likeness (QED) is 0.710. The first-order valence-corrected chi connectivity index (χ1v) is 5.02. The molecule has 78 valence electrons. The first kappa shape index (κ1) is 12.8. The molecule has 0 aliphatic rings. The number of rotatable bonds is 3. The minimum atomic E-state index is 0.826. The van der Waals surface area contributed by atoms with Crippen LogP contribution in [0.15, 0.2) is 18.2 Å². The van der Waals surface area contributed by atoms with E-state index in [-0.39, 0.29) is 0 Å². The second-order valence-electron chi connectivity index (χ2n) is 2.88. The van der Waals surface area contributed by atoms with Crippen LogP contribution >= 0.6 is 0 Å². The van der Waals surface area contributed by atoms with E-state index in [4.69, 9.17) is 5.41 Å². The predicted molar refractivity (Wildman–Crippen MR) is 63.2 cm³/mol. The third-order valence-corrected chi connectivity index (χ3v) is 1.82. The van der Waals surface area contributed by atoms with Crippen LogP contribution in [0.3, 0.4) is 0 Å². The predicted octanol–water partition coefficient (Wildman–Crippen LogP) is 2.74. The third-order valence-electron chi connectivity index (χ3n) is 1.82. The average molecular weight is 192 g/mol. The lowest BCUT2D eigenvalue weighted by molar-refractivity contribution is 0.816. The molecule has 0 saturated carbocycles. The zero-order chi connectivity index (χ0) is 11.0. The van der Waals surface area contributed by atoms with Gasteiger partial charge in [0.15, 0.2) is 0 Å². The van der Waals surface area contributed by atoms with Crippen LogP contribution in [0.5, 0.6) is 0 Å². The molecule has 1 aromatic carbocycles. The average Bonchev–Trinajstić information content (AvgIpc) is 2.22. The van der Waals surface area contributed by atoms with Gasteiger partial charge < -0.3 is 10.7 Å². The fourth-order valence-electron chi connectivity index (χ4n) is 1.22. The Labute approximate surface area is 86.9 Å². The van der Waals surface area contributed by atoms with Crippen molar-refractivity contribution in [2.75, 3.05) is 7.05 Å². The lowest BCUT2D eigenvalue weighted by Gasteiger charge is -2.05. The molecule has 0 bridgehead atoms. The van der Waals surface area contributed by atoms with Gasteiger partial charge in [0.1, 0.15) is 0 Å². The maximum Gasteiger partial charge on any atom is 0.0253 e. The Hall–Kier alpha value is -1.15. The van der Waals surface area contributed by atoms with E-state index < -0.39 is 0 Å². The van der Waals surface area contributed by atoms with Gasteiger partial charge in [0.25, 0.3) is 0 Å². The summed E-state index contributed by atoms with van der Waals surface area (Å²) in [7, 11) is 1.91. The summed E-state index contributed by atoms with van der Waals surface area (Å²) in [6.45, 7) is 6.89. The van der Waals surface area contributed by atoms with E-state index in [1.807, 2.05) is 33.0 Å². The lowest BCUT2D eigenvalue weighted by atomic mass is 10.1. The summed E-state index contributed by atoms with van der Waals surface area (Å²) < 4.78 is 0. The molecule has 1 rings (SSSR count). The van der Waals surface area contributed by atoms with Crippen molar-refractivity contribution in [3.8, 4) is 0 Å². The minimum absolute atomic E-state index is 0.826. The molecule has 0 amide bonds. The van der Waals surface area contributed by atoms with Crippen molar-refractivity contribution in [1.82, 2.24) is 5.32 Å². The smallest absolute Gasteiger partial charge is 0.0253 e. The van der Waals surface area contributed by atoms with Crippen LogP contribution in [-0.4, -0.2) is 13.3 Å². The highest BCUT2D eigenvalue weighted by Gasteiger charge is 1.97. The maximum absolute atomic E-state index is 7.18. The lowest BCUT2D eigenvalue weighted by Crippen LogP contribution is -2.07. The van der Waals surface area contributed by atoms with Crippen LogP contribution in [0.2, 0.25) is 0 Å². The van der Waals surface area contributed by atoms with Crippen LogP contribution in [0.4, 0.5) is 0 Å². The van der Waals surface area contributed by atoms with Gasteiger partial charge in [0.2, 0.25) is 0 Å². The topological polar surface area (TPSA) is 35.9 Å². The van der Waals surface area contributed by atoms with Crippen molar-refractivity contribution >= 4 is 6.21 Å². The molecule has 0 aliphatic heterocycles. The Morgan fingerprint density at radius 2 is 2.00 bits per heavy atom. The molecule has 0 radical (unpaired) electrons. The van der Waals surface area contributed by atoms with Gasteiger partial charge >= 0.3 is 0 Å². The largest absolute Gasteiger partial charge is 0.316 e. The van der Waals surface area contributed by atoms with Crippen LogP contribution in [-0.2, 0) is 6.54 Å². The summed E-state index contributed by atoms with van der Waals surface area (Å²) in [4.78, 5) is 0. The Bertz CT molecular complexity index is 280. The summed E-state index contributed by atoms with van der Waals surface area (Å²) in [5, 5.41) is 10.3. The number of hydrogen-bond donors (Lipinski definition) is 2. The molecule has 2 heteroatoms. The number of benzene rings is 1. The fraction of sp³-hybridized carbons (Fsp3) is 0.417. The molecule has 0 aromatic heterocycles. The summed E-state index contributed by atoms with van der Waals surface area (Å²) in [6.07, 6.45) is 1.39. The van der Waals surface area contributed by atoms with E-state index in [9.17, 15) is 0 Å². The van der Waals surface area contributed by atoms with E-state index >= 15 is 0 Å². The molecule has 0 fully saturated rings. The van der Waals surface area contributed by atoms with Crippen molar-refractivity contribution < 1.29 is 0 Å². The van der Waals surface area contributed by atoms with Crippen molar-refractivity contribution in [2.45, 2.75) is 27.3 Å². The Morgan fingerprint density at radius 3 is 2.50 bits per heavy atom. The van der Waals surface area contributed by atoms with E-state index in [0.717, 1.165) is 12.1 Å². The third kappa shape index (κ3) is 3.71. The minimum Gasteiger partial charge on any atom is -0.316 e. The van der Waals surface area contributed by atoms with Gasteiger partial charge in [-0.3, -0.25) is 0 Å². The van der Waals surface area contributed by atoms with Crippen molar-refractivity contribution in [3.05, 3.63) is 34.9 Å². The number of hydrogen-bond acceptors (Lipinski definition) is 2. The van der Waals surface area contributed by atoms with Crippen LogP contribution < -0.4 is 5.32 Å². The van der Waals surface area contributed by atoms with E-state index in [2.05, 4.69) is 18.3 Å². The highest BCUT2D eigenvalue weighted by Crippen LogP contribution is 2.09. The SMILES string of the molecule is CC.CNCc1cc(C)ccc1C=N. The van der Waals surface area contributed by atoms with Crippen LogP contribution in [0.25, 0.3) is 0 Å². The molecule has 0 saturated heterocycles. The first-order valence-electron chi connectivity index (χ1n) is 5.02. The monoisotopic (exact) mass is 192 g/mol. The standard InChI is InChI=1S/C10H14N2.C2H6/c1-8-3-4-9(6-11)10(5-8)7-12-2;1-2/h3-6,11-12H,7H2,1-2H3;1-2H3. The second-order valence-corrected chi connectivity index (χ2v) is 2.88. The molecule has 0 heterocycles. The maximum atomic E-state index is 7.18. The van der Waals surface area contributed by atoms with Crippen LogP contribution in [0, 0.1) is 12.3 Å². The molecule has 2 nitrogen and oxygen atoms in total. The Kier molecular flexibility index (Phi) is 6.68. The summed E-state index contributed by atoms with van der Waals surface area (Å²) in [6, 6.07) is 6.12. The van der Waals surface area contributed by atoms with Crippen molar-refractivity contribution in [2.24, 2.45) is 0 Å². The summed E-state index contributed by atoms with van der Waals surface area (Å²) in [5.74, 6) is 0. The highest BCUT2D eigenvalue weighted by molar-refractivity contribution is 5.79.